The number of furan rings is 1. The first-order valence-electron chi connectivity index (χ1n) is 8.96. The summed E-state index contributed by atoms with van der Waals surface area (Å²) in [5, 5.41) is 2.46. The van der Waals surface area contributed by atoms with Gasteiger partial charge in [-0.25, -0.2) is 8.42 Å². The van der Waals surface area contributed by atoms with Crippen molar-refractivity contribution in [1.29, 1.82) is 0 Å². The summed E-state index contributed by atoms with van der Waals surface area (Å²) < 4.78 is 76.0. The lowest BCUT2D eigenvalue weighted by molar-refractivity contribution is -0.137. The van der Waals surface area contributed by atoms with E-state index in [1.54, 1.807) is 12.1 Å². The average Bonchev–Trinajstić information content (AvgIpc) is 3.24. The Balaban J connectivity index is 1.64. The molecule has 170 valence electrons. The van der Waals surface area contributed by atoms with E-state index in [1.165, 1.54) is 18.4 Å². The van der Waals surface area contributed by atoms with Gasteiger partial charge in [-0.1, -0.05) is 17.7 Å². The molecule has 1 aromatic heterocycles. The van der Waals surface area contributed by atoms with Gasteiger partial charge in [0.05, 0.1) is 28.3 Å². The summed E-state index contributed by atoms with van der Waals surface area (Å²) in [4.78, 5) is 11.5. The third-order valence-corrected chi connectivity index (χ3v) is 5.73. The molecular formula is C20H16ClF3N2O5S. The quantitative estimate of drug-likeness (QED) is 0.488. The molecule has 0 aliphatic carbocycles. The first-order chi connectivity index (χ1) is 15.0. The minimum Gasteiger partial charge on any atom is -0.482 e. The highest BCUT2D eigenvalue weighted by Crippen LogP contribution is 2.32. The van der Waals surface area contributed by atoms with Crippen LogP contribution < -0.4 is 14.8 Å². The van der Waals surface area contributed by atoms with E-state index < -0.39 is 27.7 Å². The van der Waals surface area contributed by atoms with Gasteiger partial charge in [-0.3, -0.25) is 9.52 Å². The molecule has 0 radical (unpaired) electrons. The number of amides is 1. The van der Waals surface area contributed by atoms with Crippen molar-refractivity contribution in [3.8, 4) is 5.75 Å². The standard InChI is InChI=1S/C20H16ClF3N2O5S/c21-17-10-16(32(28,29)26-14-4-1-3-13(9-14)20(22,23)24)6-7-18(17)31-12-19(27)25-11-15-5-2-8-30-15/h1-10,26H,11-12H2,(H,25,27). The number of anilines is 1. The molecule has 1 amide bonds. The molecule has 3 rings (SSSR count). The SMILES string of the molecule is O=C(COc1ccc(S(=O)(=O)Nc2cccc(C(F)(F)F)c2)cc1Cl)NCc1ccco1. The fraction of sp³-hybridized carbons (Fsp3) is 0.150. The van der Waals surface area contributed by atoms with Gasteiger partial charge in [-0.05, 0) is 48.5 Å². The van der Waals surface area contributed by atoms with Crippen LogP contribution in [0.2, 0.25) is 5.02 Å². The molecule has 0 aliphatic heterocycles. The minimum atomic E-state index is -4.62. The number of benzene rings is 2. The molecule has 7 nitrogen and oxygen atoms in total. The van der Waals surface area contributed by atoms with Crippen LogP contribution in [0.15, 0.2) is 70.2 Å². The topological polar surface area (TPSA) is 97.6 Å². The second-order valence-electron chi connectivity index (χ2n) is 6.42. The fourth-order valence-corrected chi connectivity index (χ4v) is 3.91. The van der Waals surface area contributed by atoms with Crippen LogP contribution in [0.5, 0.6) is 5.75 Å². The van der Waals surface area contributed by atoms with Gasteiger partial charge in [-0.15, -0.1) is 0 Å². The largest absolute Gasteiger partial charge is 0.482 e. The number of nitrogens with one attached hydrogen (secondary N) is 2. The van der Waals surface area contributed by atoms with E-state index in [1.807, 2.05) is 0 Å². The van der Waals surface area contributed by atoms with Gasteiger partial charge < -0.3 is 14.5 Å². The predicted octanol–water partition coefficient (Wildman–Crippen LogP) is 4.45. The molecule has 2 N–H and O–H groups in total. The van der Waals surface area contributed by atoms with Gasteiger partial charge in [0, 0.05) is 5.69 Å². The highest BCUT2D eigenvalue weighted by atomic mass is 35.5. The summed E-state index contributed by atoms with van der Waals surface area (Å²) >= 11 is 6.05. The molecule has 0 bridgehead atoms. The number of carbonyl (C=O) groups is 1. The van der Waals surface area contributed by atoms with E-state index in [4.69, 9.17) is 20.8 Å². The summed E-state index contributed by atoms with van der Waals surface area (Å²) in [7, 11) is -4.23. The van der Waals surface area contributed by atoms with Crippen LogP contribution in [0.3, 0.4) is 0 Å². The molecule has 0 aliphatic rings. The first-order valence-corrected chi connectivity index (χ1v) is 10.8. The number of rotatable bonds is 8. The molecule has 1 heterocycles. The molecule has 0 atom stereocenters. The Morgan fingerprint density at radius 2 is 1.88 bits per heavy atom. The fourth-order valence-electron chi connectivity index (χ4n) is 2.53. The summed E-state index contributed by atoms with van der Waals surface area (Å²) in [5.74, 6) is 0.150. The third kappa shape index (κ3) is 6.17. The van der Waals surface area contributed by atoms with Crippen molar-refractivity contribution in [3.05, 3.63) is 77.2 Å². The summed E-state index contributed by atoms with van der Waals surface area (Å²) in [6.07, 6.45) is -3.15. The van der Waals surface area contributed by atoms with Gasteiger partial charge in [0.1, 0.15) is 11.5 Å². The van der Waals surface area contributed by atoms with Crippen LogP contribution in [0, 0.1) is 0 Å². The van der Waals surface area contributed by atoms with E-state index in [9.17, 15) is 26.4 Å². The van der Waals surface area contributed by atoms with E-state index >= 15 is 0 Å². The van der Waals surface area contributed by atoms with Crippen LogP contribution in [-0.4, -0.2) is 20.9 Å². The van der Waals surface area contributed by atoms with Crippen LogP contribution in [0.4, 0.5) is 18.9 Å². The van der Waals surface area contributed by atoms with E-state index in [0.717, 1.165) is 24.3 Å². The van der Waals surface area contributed by atoms with Crippen molar-refractivity contribution in [2.45, 2.75) is 17.6 Å². The number of hydrogen-bond acceptors (Lipinski definition) is 5. The van der Waals surface area contributed by atoms with Gasteiger partial charge in [0.2, 0.25) is 0 Å². The number of alkyl halides is 3. The van der Waals surface area contributed by atoms with Crippen molar-refractivity contribution in [2.75, 3.05) is 11.3 Å². The zero-order chi connectivity index (χ0) is 23.4. The molecule has 12 heteroatoms. The summed E-state index contributed by atoms with van der Waals surface area (Å²) in [6.45, 7) is -0.212. The molecule has 0 saturated heterocycles. The van der Waals surface area contributed by atoms with Crippen LogP contribution >= 0.6 is 11.6 Å². The maximum absolute atomic E-state index is 12.8. The Morgan fingerprint density at radius 3 is 2.53 bits per heavy atom. The Morgan fingerprint density at radius 1 is 1.09 bits per heavy atom. The number of hydrogen-bond donors (Lipinski definition) is 2. The van der Waals surface area contributed by atoms with Gasteiger partial charge in [0.15, 0.2) is 6.61 Å². The van der Waals surface area contributed by atoms with Crippen molar-refractivity contribution in [3.63, 3.8) is 0 Å². The highest BCUT2D eigenvalue weighted by Gasteiger charge is 2.30. The monoisotopic (exact) mass is 488 g/mol. The lowest BCUT2D eigenvalue weighted by Crippen LogP contribution is -2.28. The number of halogens is 4. The van der Waals surface area contributed by atoms with Crippen LogP contribution in [0.1, 0.15) is 11.3 Å². The maximum atomic E-state index is 12.8. The highest BCUT2D eigenvalue weighted by molar-refractivity contribution is 7.92. The molecule has 0 unspecified atom stereocenters. The Kier molecular flexibility index (Phi) is 6.99. The number of sulfonamides is 1. The van der Waals surface area contributed by atoms with Crippen molar-refractivity contribution in [1.82, 2.24) is 5.32 Å². The lowest BCUT2D eigenvalue weighted by Gasteiger charge is -2.13. The molecule has 0 saturated carbocycles. The third-order valence-electron chi connectivity index (χ3n) is 4.05. The molecular weight excluding hydrogens is 473 g/mol. The predicted molar refractivity (Wildman–Crippen MR) is 110 cm³/mol. The van der Waals surface area contributed by atoms with Crippen LogP contribution in [0.25, 0.3) is 0 Å². The van der Waals surface area contributed by atoms with E-state index in [-0.39, 0.29) is 34.5 Å². The Bertz CT molecular complexity index is 1200. The first kappa shape index (κ1) is 23.5. The van der Waals surface area contributed by atoms with Gasteiger partial charge >= 0.3 is 6.18 Å². The molecule has 0 spiro atoms. The lowest BCUT2D eigenvalue weighted by atomic mass is 10.2. The smallest absolute Gasteiger partial charge is 0.416 e. The summed E-state index contributed by atoms with van der Waals surface area (Å²) in [5.41, 5.74) is -1.26. The zero-order valence-corrected chi connectivity index (χ0v) is 17.7. The maximum Gasteiger partial charge on any atom is 0.416 e. The molecule has 2 aromatic carbocycles. The van der Waals surface area contributed by atoms with Crippen LogP contribution in [-0.2, 0) is 27.5 Å². The number of carbonyl (C=O) groups excluding carboxylic acids is 1. The van der Waals surface area contributed by atoms with Gasteiger partial charge in [-0.2, -0.15) is 13.2 Å². The average molecular weight is 489 g/mol. The van der Waals surface area contributed by atoms with Crippen molar-refractivity contribution >= 4 is 33.2 Å². The van der Waals surface area contributed by atoms with E-state index in [0.29, 0.717) is 11.8 Å². The van der Waals surface area contributed by atoms with Crippen molar-refractivity contribution in [2.24, 2.45) is 0 Å². The molecule has 32 heavy (non-hydrogen) atoms. The zero-order valence-electron chi connectivity index (χ0n) is 16.1. The summed E-state index contributed by atoms with van der Waals surface area (Å²) in [6, 6.07) is 10.6. The molecule has 0 fully saturated rings. The second kappa shape index (κ2) is 9.53. The molecule has 3 aromatic rings. The van der Waals surface area contributed by atoms with E-state index in [2.05, 4.69) is 10.0 Å². The van der Waals surface area contributed by atoms with Gasteiger partial charge in [0.25, 0.3) is 15.9 Å². The van der Waals surface area contributed by atoms with Crippen molar-refractivity contribution < 1.29 is 35.5 Å². The second-order valence-corrected chi connectivity index (χ2v) is 8.51. The Labute approximate surface area is 186 Å². The number of ether oxygens (including phenoxy) is 1. The normalized spacial score (nSPS) is 11.8. The Hall–Kier alpha value is -3.18. The minimum absolute atomic E-state index is 0.0536.